The predicted molar refractivity (Wildman–Crippen MR) is 74.8 cm³/mol. The summed E-state index contributed by atoms with van der Waals surface area (Å²) in [5.74, 6) is 0.459. The van der Waals surface area contributed by atoms with Crippen LogP contribution in [0.5, 0.6) is 0 Å². The molecule has 8 heteroatoms. The van der Waals surface area contributed by atoms with Gasteiger partial charge in [-0.2, -0.15) is 0 Å². The quantitative estimate of drug-likeness (QED) is 0.333. The van der Waals surface area contributed by atoms with Crippen LogP contribution in [-0.2, 0) is 6.42 Å². The van der Waals surface area contributed by atoms with Crippen molar-refractivity contribution in [1.29, 1.82) is 0 Å². The van der Waals surface area contributed by atoms with Crippen molar-refractivity contribution in [2.45, 2.75) is 11.4 Å². The Bertz CT molecular complexity index is 801. The molecule has 100 valence electrons. The van der Waals surface area contributed by atoms with Gasteiger partial charge >= 0.3 is 0 Å². The van der Waals surface area contributed by atoms with Crippen LogP contribution in [0.25, 0.3) is 11.2 Å². The normalized spacial score (nSPS) is 10.8. The second kappa shape index (κ2) is 4.89. The molecule has 2 heterocycles. The first-order chi connectivity index (χ1) is 9.65. The SMILES string of the molecule is O=[N+]([O-])c1ccccc1Cc1nc(S)c2nc[nH]c2n1. The van der Waals surface area contributed by atoms with Gasteiger partial charge in [-0.1, -0.05) is 18.2 Å². The lowest BCUT2D eigenvalue weighted by molar-refractivity contribution is -0.385. The highest BCUT2D eigenvalue weighted by Crippen LogP contribution is 2.21. The number of nitrogens with one attached hydrogen (secondary N) is 1. The third-order valence-corrected chi connectivity index (χ3v) is 3.16. The molecule has 20 heavy (non-hydrogen) atoms. The molecule has 0 aliphatic rings. The van der Waals surface area contributed by atoms with E-state index in [0.717, 1.165) is 0 Å². The van der Waals surface area contributed by atoms with Gasteiger partial charge in [0.25, 0.3) is 5.69 Å². The smallest absolute Gasteiger partial charge is 0.273 e. The Balaban J connectivity index is 2.03. The van der Waals surface area contributed by atoms with E-state index in [1.54, 1.807) is 18.2 Å². The van der Waals surface area contributed by atoms with Gasteiger partial charge in [0.05, 0.1) is 11.3 Å². The van der Waals surface area contributed by atoms with Gasteiger partial charge in [0, 0.05) is 18.1 Å². The molecule has 2 aromatic heterocycles. The fraction of sp³-hybridized carbons (Fsp3) is 0.0833. The molecule has 7 nitrogen and oxygen atoms in total. The van der Waals surface area contributed by atoms with Crippen molar-refractivity contribution < 1.29 is 4.92 Å². The molecule has 0 saturated carbocycles. The zero-order valence-corrected chi connectivity index (χ0v) is 11.0. The van der Waals surface area contributed by atoms with E-state index in [2.05, 4.69) is 32.6 Å². The van der Waals surface area contributed by atoms with Crippen LogP contribution in [0, 0.1) is 10.1 Å². The maximum absolute atomic E-state index is 11.0. The number of imidazole rings is 1. The van der Waals surface area contributed by atoms with Gasteiger partial charge in [0.15, 0.2) is 5.65 Å². The van der Waals surface area contributed by atoms with Crippen molar-refractivity contribution in [3.05, 3.63) is 52.1 Å². The van der Waals surface area contributed by atoms with Gasteiger partial charge in [-0.05, 0) is 0 Å². The molecule has 0 saturated heterocycles. The lowest BCUT2D eigenvalue weighted by Crippen LogP contribution is -2.01. The molecule has 1 N–H and O–H groups in total. The maximum Gasteiger partial charge on any atom is 0.273 e. The van der Waals surface area contributed by atoms with E-state index in [9.17, 15) is 10.1 Å². The molecule has 1 aromatic carbocycles. The van der Waals surface area contributed by atoms with E-state index in [-0.39, 0.29) is 12.1 Å². The second-order valence-corrected chi connectivity index (χ2v) is 4.55. The average Bonchev–Trinajstić information content (AvgIpc) is 2.88. The number of nitro benzene ring substituents is 1. The third kappa shape index (κ3) is 2.21. The molecule has 0 aliphatic heterocycles. The number of aromatic amines is 1. The van der Waals surface area contributed by atoms with Gasteiger partial charge in [0.2, 0.25) is 0 Å². The first-order valence-corrected chi connectivity index (χ1v) is 6.21. The number of nitro groups is 1. The Morgan fingerprint density at radius 1 is 1.30 bits per heavy atom. The number of hydrogen-bond donors (Lipinski definition) is 2. The van der Waals surface area contributed by atoms with Crippen molar-refractivity contribution >= 4 is 29.5 Å². The molecule has 0 amide bonds. The average molecular weight is 287 g/mol. The highest BCUT2D eigenvalue weighted by atomic mass is 32.1. The Morgan fingerprint density at radius 3 is 2.90 bits per heavy atom. The van der Waals surface area contributed by atoms with Crippen LogP contribution in [0.4, 0.5) is 5.69 Å². The summed E-state index contributed by atoms with van der Waals surface area (Å²) in [5, 5.41) is 11.4. The highest BCUT2D eigenvalue weighted by molar-refractivity contribution is 7.80. The lowest BCUT2D eigenvalue weighted by atomic mass is 10.1. The van der Waals surface area contributed by atoms with Crippen LogP contribution in [0.2, 0.25) is 0 Å². The Hall–Kier alpha value is -2.48. The molecule has 0 atom stereocenters. The van der Waals surface area contributed by atoms with Crippen LogP contribution in [0.15, 0.2) is 35.6 Å². The maximum atomic E-state index is 11.0. The summed E-state index contributed by atoms with van der Waals surface area (Å²) in [5.41, 5.74) is 1.77. The largest absolute Gasteiger partial charge is 0.329 e. The molecular formula is C12H9N5O2S. The van der Waals surface area contributed by atoms with Crippen molar-refractivity contribution in [3.8, 4) is 0 Å². The third-order valence-electron chi connectivity index (χ3n) is 2.84. The zero-order valence-electron chi connectivity index (χ0n) is 10.1. The molecule has 0 radical (unpaired) electrons. The molecule has 3 rings (SSSR count). The van der Waals surface area contributed by atoms with Crippen molar-refractivity contribution in [2.75, 3.05) is 0 Å². The fourth-order valence-corrected chi connectivity index (χ4v) is 2.23. The summed E-state index contributed by atoms with van der Waals surface area (Å²) >= 11 is 4.25. The van der Waals surface area contributed by atoms with Crippen molar-refractivity contribution in [2.24, 2.45) is 0 Å². The number of hydrogen-bond acceptors (Lipinski definition) is 6. The van der Waals surface area contributed by atoms with Gasteiger partial charge in [-0.15, -0.1) is 12.6 Å². The number of nitrogens with zero attached hydrogens (tertiary/aromatic N) is 4. The minimum Gasteiger partial charge on any atom is -0.329 e. The van der Waals surface area contributed by atoms with E-state index in [4.69, 9.17) is 0 Å². The Morgan fingerprint density at radius 2 is 2.10 bits per heavy atom. The molecule has 0 aliphatic carbocycles. The van der Waals surface area contributed by atoms with E-state index in [1.807, 2.05) is 0 Å². The number of fused-ring (bicyclic) bond motifs is 1. The summed E-state index contributed by atoms with van der Waals surface area (Å²) < 4.78 is 0. The summed E-state index contributed by atoms with van der Waals surface area (Å²) in [6, 6.07) is 6.53. The van der Waals surface area contributed by atoms with E-state index < -0.39 is 4.92 Å². The Labute approximate surface area is 118 Å². The summed E-state index contributed by atoms with van der Waals surface area (Å²) in [7, 11) is 0. The standard InChI is InChI=1S/C12H9N5O2S/c18-17(19)8-4-2-1-3-7(8)5-9-15-11-10(12(20)16-9)13-6-14-11/h1-4,6H,5H2,(H2,13,14,15,16,20). The van der Waals surface area contributed by atoms with Crippen molar-refractivity contribution in [3.63, 3.8) is 0 Å². The van der Waals surface area contributed by atoms with Gasteiger partial charge in [-0.3, -0.25) is 10.1 Å². The lowest BCUT2D eigenvalue weighted by Gasteiger charge is -2.03. The van der Waals surface area contributed by atoms with Crippen LogP contribution in [-0.4, -0.2) is 24.9 Å². The summed E-state index contributed by atoms with van der Waals surface area (Å²) in [6.45, 7) is 0. The van der Waals surface area contributed by atoms with Crippen LogP contribution >= 0.6 is 12.6 Å². The summed E-state index contributed by atoms with van der Waals surface area (Å²) in [6.07, 6.45) is 1.77. The molecule has 0 bridgehead atoms. The first kappa shape index (κ1) is 12.5. The van der Waals surface area contributed by atoms with Gasteiger partial charge in [0.1, 0.15) is 16.4 Å². The highest BCUT2D eigenvalue weighted by Gasteiger charge is 2.15. The van der Waals surface area contributed by atoms with E-state index in [0.29, 0.717) is 27.6 Å². The fourth-order valence-electron chi connectivity index (χ4n) is 1.95. The Kier molecular flexibility index (Phi) is 3.07. The second-order valence-electron chi connectivity index (χ2n) is 4.13. The van der Waals surface area contributed by atoms with Crippen LogP contribution < -0.4 is 0 Å². The monoisotopic (exact) mass is 287 g/mol. The molecule has 0 fully saturated rings. The molecule has 0 spiro atoms. The molecular weight excluding hydrogens is 278 g/mol. The number of para-hydroxylation sites is 1. The van der Waals surface area contributed by atoms with Gasteiger partial charge < -0.3 is 4.98 Å². The topological polar surface area (TPSA) is 97.6 Å². The van der Waals surface area contributed by atoms with Gasteiger partial charge in [-0.25, -0.2) is 15.0 Å². The first-order valence-electron chi connectivity index (χ1n) is 5.76. The predicted octanol–water partition coefficient (Wildman–Crippen LogP) is 2.14. The number of aromatic nitrogens is 4. The number of thiol groups is 1. The van der Waals surface area contributed by atoms with E-state index >= 15 is 0 Å². The molecule has 0 unspecified atom stereocenters. The van der Waals surface area contributed by atoms with Crippen LogP contribution in [0.3, 0.4) is 0 Å². The number of H-pyrrole nitrogens is 1. The molecule has 3 aromatic rings. The van der Waals surface area contributed by atoms with Crippen LogP contribution in [0.1, 0.15) is 11.4 Å². The minimum atomic E-state index is -0.411. The van der Waals surface area contributed by atoms with E-state index in [1.165, 1.54) is 12.4 Å². The summed E-state index contributed by atoms with van der Waals surface area (Å²) in [4.78, 5) is 26.0. The minimum absolute atomic E-state index is 0.0570. The number of benzene rings is 1. The zero-order chi connectivity index (χ0) is 14.1. The number of rotatable bonds is 3. The van der Waals surface area contributed by atoms with Crippen molar-refractivity contribution in [1.82, 2.24) is 19.9 Å².